The molecule has 0 aliphatic carbocycles. The zero-order valence-corrected chi connectivity index (χ0v) is 15.9. The monoisotopic (exact) mass is 391 g/mol. The number of carbonyl (C=O) groups is 1. The molecule has 0 spiro atoms. The summed E-state index contributed by atoms with van der Waals surface area (Å²) in [6.45, 7) is 5.38. The molecular formula is C19H21NO8. The van der Waals surface area contributed by atoms with Crippen LogP contribution in [0, 0.1) is 6.92 Å². The van der Waals surface area contributed by atoms with Crippen LogP contribution >= 0.6 is 0 Å². The van der Waals surface area contributed by atoms with Gasteiger partial charge in [0.25, 0.3) is 0 Å². The number of carbonyl (C=O) groups excluding carboxylic acids is 1. The van der Waals surface area contributed by atoms with Gasteiger partial charge >= 0.3 is 11.8 Å². The maximum Gasteiger partial charge on any atom is 0.509 e. The van der Waals surface area contributed by atoms with E-state index in [1.54, 1.807) is 25.1 Å². The maximum absolute atomic E-state index is 11.8. The number of hydrogen-bond donors (Lipinski definition) is 1. The van der Waals surface area contributed by atoms with Crippen molar-refractivity contribution in [2.75, 3.05) is 12.8 Å². The Hall–Kier alpha value is -2.78. The average Bonchev–Trinajstić information content (AvgIpc) is 3.00. The number of fused-ring (bicyclic) bond motifs is 2. The molecule has 9 nitrogen and oxygen atoms in total. The van der Waals surface area contributed by atoms with E-state index >= 15 is 0 Å². The number of nitrogen functional groups attached to an aromatic ring is 1. The predicted molar refractivity (Wildman–Crippen MR) is 97.2 cm³/mol. The summed E-state index contributed by atoms with van der Waals surface area (Å²) in [6.07, 6.45) is -3.75. The van der Waals surface area contributed by atoms with E-state index in [0.717, 1.165) is 0 Å². The Bertz CT molecular complexity index is 997. The molecule has 2 fully saturated rings. The van der Waals surface area contributed by atoms with Crippen molar-refractivity contribution >= 4 is 22.8 Å². The number of ether oxygens (including phenoxy) is 5. The summed E-state index contributed by atoms with van der Waals surface area (Å²) in [5, 5.41) is 0.666. The Morgan fingerprint density at radius 3 is 2.57 bits per heavy atom. The Kier molecular flexibility index (Phi) is 4.24. The lowest BCUT2D eigenvalue weighted by atomic mass is 9.89. The number of aryl methyl sites for hydroxylation is 1. The molecule has 2 aliphatic heterocycles. The van der Waals surface area contributed by atoms with Crippen LogP contribution in [0.5, 0.6) is 5.75 Å². The molecule has 3 heterocycles. The van der Waals surface area contributed by atoms with Crippen molar-refractivity contribution in [3.8, 4) is 5.75 Å². The number of hydrogen-bond acceptors (Lipinski definition) is 9. The van der Waals surface area contributed by atoms with E-state index < -0.39 is 42.0 Å². The minimum absolute atomic E-state index is 0.0291. The zero-order chi connectivity index (χ0) is 20.2. The van der Waals surface area contributed by atoms with Gasteiger partial charge in [-0.05, 0) is 39.0 Å². The van der Waals surface area contributed by atoms with Crippen LogP contribution in [-0.4, -0.2) is 43.5 Å². The number of anilines is 1. The van der Waals surface area contributed by atoms with Gasteiger partial charge in [-0.25, -0.2) is 9.59 Å². The van der Waals surface area contributed by atoms with Gasteiger partial charge in [-0.15, -0.1) is 0 Å². The van der Waals surface area contributed by atoms with Crippen molar-refractivity contribution in [3.63, 3.8) is 0 Å². The first-order valence-corrected chi connectivity index (χ1v) is 8.79. The quantitative estimate of drug-likeness (QED) is 0.619. The smallest absolute Gasteiger partial charge is 0.460 e. The zero-order valence-electron chi connectivity index (χ0n) is 15.9. The normalized spacial score (nSPS) is 28.5. The molecule has 1 aromatic carbocycles. The van der Waals surface area contributed by atoms with Crippen LogP contribution in [-0.2, 0) is 18.9 Å². The van der Waals surface area contributed by atoms with E-state index in [9.17, 15) is 9.59 Å². The van der Waals surface area contributed by atoms with E-state index in [4.69, 9.17) is 33.8 Å². The highest BCUT2D eigenvalue weighted by Gasteiger charge is 2.58. The van der Waals surface area contributed by atoms with Crippen LogP contribution in [0.1, 0.15) is 19.4 Å². The van der Waals surface area contributed by atoms with Gasteiger partial charge in [-0.2, -0.15) is 0 Å². The fourth-order valence-corrected chi connectivity index (χ4v) is 3.74. The molecule has 0 radical (unpaired) electrons. The lowest BCUT2D eigenvalue weighted by Crippen LogP contribution is -2.62. The first-order chi connectivity index (χ1) is 13.2. The van der Waals surface area contributed by atoms with Gasteiger partial charge in [0.05, 0.1) is 5.60 Å². The molecule has 0 bridgehead atoms. The fraction of sp³-hybridized carbons (Fsp3) is 0.474. The molecule has 0 saturated carbocycles. The SMILES string of the molecule is COC1C2OC(=O)OC2C(Oc2ccc3cc(N)c(=O)oc3c2C)OC1(C)C. The molecule has 2 saturated heterocycles. The Morgan fingerprint density at radius 1 is 1.14 bits per heavy atom. The average molecular weight is 391 g/mol. The Balaban J connectivity index is 1.70. The highest BCUT2D eigenvalue weighted by molar-refractivity contribution is 5.83. The van der Waals surface area contributed by atoms with Gasteiger partial charge in [0.15, 0.2) is 6.10 Å². The second-order valence-corrected chi connectivity index (χ2v) is 7.38. The minimum atomic E-state index is -0.936. The molecule has 1 aromatic heterocycles. The lowest BCUT2D eigenvalue weighted by molar-refractivity contribution is -0.282. The second-order valence-electron chi connectivity index (χ2n) is 7.38. The summed E-state index contributed by atoms with van der Waals surface area (Å²) in [4.78, 5) is 23.5. The van der Waals surface area contributed by atoms with Gasteiger partial charge in [-0.3, -0.25) is 0 Å². The molecule has 4 atom stereocenters. The summed E-state index contributed by atoms with van der Waals surface area (Å²) in [5.74, 6) is 0.416. The summed E-state index contributed by atoms with van der Waals surface area (Å²) in [7, 11) is 1.52. The molecule has 150 valence electrons. The van der Waals surface area contributed by atoms with Gasteiger partial charge in [-0.1, -0.05) is 0 Å². The molecular weight excluding hydrogens is 370 g/mol. The number of benzene rings is 1. The van der Waals surface area contributed by atoms with Crippen LogP contribution < -0.4 is 16.1 Å². The predicted octanol–water partition coefficient (Wildman–Crippen LogP) is 2.12. The highest BCUT2D eigenvalue weighted by atomic mass is 16.8. The summed E-state index contributed by atoms with van der Waals surface area (Å²) < 4.78 is 33.4. The first kappa shape index (κ1) is 18.6. The largest absolute Gasteiger partial charge is 0.509 e. The van der Waals surface area contributed by atoms with E-state index in [0.29, 0.717) is 22.3 Å². The third-order valence-electron chi connectivity index (χ3n) is 5.09. The molecule has 4 unspecified atom stereocenters. The molecule has 28 heavy (non-hydrogen) atoms. The van der Waals surface area contributed by atoms with Crippen molar-refractivity contribution in [1.29, 1.82) is 0 Å². The summed E-state index contributed by atoms with van der Waals surface area (Å²) in [6, 6.07) is 4.98. The topological polar surface area (TPSA) is 119 Å². The van der Waals surface area contributed by atoms with Gasteiger partial charge in [0.1, 0.15) is 23.1 Å². The van der Waals surface area contributed by atoms with Crippen LogP contribution in [0.15, 0.2) is 27.4 Å². The number of methoxy groups -OCH3 is 1. The van der Waals surface area contributed by atoms with E-state index in [1.807, 2.05) is 13.8 Å². The van der Waals surface area contributed by atoms with Crippen LogP contribution in [0.2, 0.25) is 0 Å². The molecule has 2 aliphatic rings. The third-order valence-corrected chi connectivity index (χ3v) is 5.09. The van der Waals surface area contributed by atoms with Gasteiger partial charge in [0.2, 0.25) is 12.4 Å². The highest BCUT2D eigenvalue weighted by Crippen LogP contribution is 2.39. The maximum atomic E-state index is 11.8. The number of nitrogens with two attached hydrogens (primary N) is 1. The molecule has 2 aromatic rings. The van der Waals surface area contributed by atoms with E-state index in [-0.39, 0.29) is 5.69 Å². The minimum Gasteiger partial charge on any atom is -0.460 e. The fourth-order valence-electron chi connectivity index (χ4n) is 3.74. The van der Waals surface area contributed by atoms with Crippen molar-refractivity contribution in [3.05, 3.63) is 34.2 Å². The Labute approximate surface area is 160 Å². The summed E-state index contributed by atoms with van der Waals surface area (Å²) in [5.41, 5.74) is 5.17. The molecule has 2 N–H and O–H groups in total. The lowest BCUT2D eigenvalue weighted by Gasteiger charge is -2.45. The number of rotatable bonds is 3. The second kappa shape index (κ2) is 6.39. The van der Waals surface area contributed by atoms with Crippen molar-refractivity contribution in [2.45, 2.75) is 51.0 Å². The van der Waals surface area contributed by atoms with Crippen LogP contribution in [0.4, 0.5) is 10.5 Å². The van der Waals surface area contributed by atoms with E-state index in [2.05, 4.69) is 0 Å². The van der Waals surface area contributed by atoms with E-state index in [1.165, 1.54) is 7.11 Å². The van der Waals surface area contributed by atoms with Crippen molar-refractivity contribution in [1.82, 2.24) is 0 Å². The van der Waals surface area contributed by atoms with Crippen molar-refractivity contribution < 1.29 is 32.9 Å². The van der Waals surface area contributed by atoms with Crippen LogP contribution in [0.25, 0.3) is 11.0 Å². The standard InChI is InChI=1S/C19H21NO8/c1-8-11(6-5-9-7-10(20)16(21)25-12(8)9)24-17-14-13(26-18(22)27-14)15(23-4)19(2,3)28-17/h5-7,13-15,17H,20H2,1-4H3. The molecule has 9 heteroatoms. The van der Waals surface area contributed by atoms with Crippen molar-refractivity contribution in [2.24, 2.45) is 0 Å². The molecule has 4 rings (SSSR count). The van der Waals surface area contributed by atoms with Gasteiger partial charge < -0.3 is 33.8 Å². The molecule has 0 amide bonds. The van der Waals surface area contributed by atoms with Crippen LogP contribution in [0.3, 0.4) is 0 Å². The first-order valence-electron chi connectivity index (χ1n) is 8.79. The summed E-state index contributed by atoms with van der Waals surface area (Å²) >= 11 is 0. The van der Waals surface area contributed by atoms with Gasteiger partial charge in [0, 0.05) is 18.1 Å². The Morgan fingerprint density at radius 2 is 1.86 bits per heavy atom. The third kappa shape index (κ3) is 2.87.